The number of hydrogen-bond donors (Lipinski definition) is 1. The van der Waals surface area contributed by atoms with E-state index in [0.717, 1.165) is 6.54 Å². The monoisotopic (exact) mass is 190 g/mol. The molecule has 0 fully saturated rings. The molecule has 0 amide bonds. The lowest BCUT2D eigenvalue weighted by Crippen LogP contribution is -2.21. The van der Waals surface area contributed by atoms with Crippen LogP contribution in [0, 0.1) is 0 Å². The third-order valence-electron chi connectivity index (χ3n) is 1.83. The fourth-order valence-corrected chi connectivity index (χ4v) is 1.06. The molecule has 0 heterocycles. The van der Waals surface area contributed by atoms with Crippen molar-refractivity contribution in [3.63, 3.8) is 0 Å². The molecule has 1 aromatic rings. The molecule has 0 bridgehead atoms. The van der Waals surface area contributed by atoms with Crippen molar-refractivity contribution in [1.82, 2.24) is 5.32 Å². The highest BCUT2D eigenvalue weighted by atomic mass is 16.1. The molecular formula is C11H14N2O. The van der Waals surface area contributed by atoms with Crippen LogP contribution in [0.3, 0.4) is 0 Å². The first-order chi connectivity index (χ1) is 6.72. The maximum atomic E-state index is 9.97. The van der Waals surface area contributed by atoms with Gasteiger partial charge in [0.1, 0.15) is 0 Å². The van der Waals surface area contributed by atoms with Crippen LogP contribution in [0.15, 0.2) is 29.3 Å². The van der Waals surface area contributed by atoms with Gasteiger partial charge >= 0.3 is 0 Å². The van der Waals surface area contributed by atoms with Crippen molar-refractivity contribution in [2.75, 3.05) is 0 Å². The number of aliphatic imine (C=N–C) groups is 1. The highest BCUT2D eigenvalue weighted by Crippen LogP contribution is 2.11. The van der Waals surface area contributed by atoms with Crippen LogP contribution in [0.2, 0.25) is 0 Å². The molecular weight excluding hydrogens is 176 g/mol. The van der Waals surface area contributed by atoms with E-state index in [1.165, 1.54) is 11.6 Å². The molecule has 74 valence electrons. The van der Waals surface area contributed by atoms with E-state index in [-0.39, 0.29) is 0 Å². The Balaban J connectivity index is 2.59. The number of hydrogen-bond acceptors (Lipinski definition) is 3. The quantitative estimate of drug-likeness (QED) is 0.584. The lowest BCUT2D eigenvalue weighted by atomic mass is 10.2. The van der Waals surface area contributed by atoms with Gasteiger partial charge in [-0.2, -0.15) is 4.99 Å². The van der Waals surface area contributed by atoms with E-state index in [0.29, 0.717) is 11.7 Å². The van der Waals surface area contributed by atoms with Gasteiger partial charge in [0.2, 0.25) is 6.08 Å². The van der Waals surface area contributed by atoms with Crippen molar-refractivity contribution in [3.8, 4) is 0 Å². The fourth-order valence-electron chi connectivity index (χ4n) is 1.06. The van der Waals surface area contributed by atoms with Crippen LogP contribution in [0.25, 0.3) is 0 Å². The predicted octanol–water partition coefficient (Wildman–Crippen LogP) is 2.15. The SMILES string of the molecule is CC(C)NCc1ccc(N=C=O)cc1. The summed E-state index contributed by atoms with van der Waals surface area (Å²) in [6, 6.07) is 7.99. The molecule has 0 unspecified atom stereocenters. The Morgan fingerprint density at radius 1 is 1.36 bits per heavy atom. The van der Waals surface area contributed by atoms with Crippen LogP contribution in [-0.2, 0) is 11.3 Å². The number of rotatable bonds is 4. The summed E-state index contributed by atoms with van der Waals surface area (Å²) in [5, 5.41) is 3.31. The van der Waals surface area contributed by atoms with Gasteiger partial charge in [0, 0.05) is 12.6 Å². The van der Waals surface area contributed by atoms with Gasteiger partial charge in [0.15, 0.2) is 0 Å². The minimum absolute atomic E-state index is 0.475. The van der Waals surface area contributed by atoms with Crippen LogP contribution in [0.1, 0.15) is 19.4 Å². The molecule has 0 aliphatic heterocycles. The molecule has 0 aliphatic carbocycles. The molecule has 0 atom stereocenters. The van der Waals surface area contributed by atoms with Gasteiger partial charge in [-0.25, -0.2) is 4.79 Å². The Kier molecular flexibility index (Phi) is 4.05. The molecule has 3 heteroatoms. The van der Waals surface area contributed by atoms with E-state index < -0.39 is 0 Å². The van der Waals surface area contributed by atoms with Gasteiger partial charge < -0.3 is 5.32 Å². The van der Waals surface area contributed by atoms with Gasteiger partial charge in [0.05, 0.1) is 5.69 Å². The average Bonchev–Trinajstić information content (AvgIpc) is 2.17. The van der Waals surface area contributed by atoms with E-state index in [9.17, 15) is 4.79 Å². The van der Waals surface area contributed by atoms with Gasteiger partial charge in [-0.3, -0.25) is 0 Å². The van der Waals surface area contributed by atoms with Crippen LogP contribution < -0.4 is 5.32 Å². The molecule has 3 nitrogen and oxygen atoms in total. The predicted molar refractivity (Wildman–Crippen MR) is 56.2 cm³/mol. The maximum absolute atomic E-state index is 9.97. The second-order valence-electron chi connectivity index (χ2n) is 3.41. The van der Waals surface area contributed by atoms with Crippen molar-refractivity contribution in [1.29, 1.82) is 0 Å². The summed E-state index contributed by atoms with van der Waals surface area (Å²) < 4.78 is 0. The van der Waals surface area contributed by atoms with E-state index in [1.54, 1.807) is 0 Å². The molecule has 0 saturated heterocycles. The zero-order valence-electron chi connectivity index (χ0n) is 8.45. The summed E-state index contributed by atoms with van der Waals surface area (Å²) in [5.74, 6) is 0. The van der Waals surface area contributed by atoms with E-state index in [2.05, 4.69) is 24.2 Å². The third kappa shape index (κ3) is 3.52. The number of isocyanates is 1. The van der Waals surface area contributed by atoms with Gasteiger partial charge in [-0.1, -0.05) is 26.0 Å². The summed E-state index contributed by atoms with van der Waals surface area (Å²) >= 11 is 0. The Labute approximate surface area is 83.9 Å². The van der Waals surface area contributed by atoms with Crippen LogP contribution in [0.4, 0.5) is 5.69 Å². The molecule has 0 spiro atoms. The summed E-state index contributed by atoms with van der Waals surface area (Å²) in [5.41, 5.74) is 1.83. The lowest BCUT2D eigenvalue weighted by Gasteiger charge is -2.07. The average molecular weight is 190 g/mol. The smallest absolute Gasteiger partial charge is 0.240 e. The van der Waals surface area contributed by atoms with Gasteiger partial charge in [-0.05, 0) is 17.7 Å². The standard InChI is InChI=1S/C11H14N2O/c1-9(2)12-7-10-3-5-11(6-4-10)13-8-14/h3-6,9,12H,7H2,1-2H3. The summed E-state index contributed by atoms with van der Waals surface area (Å²) in [6.07, 6.45) is 1.51. The zero-order valence-corrected chi connectivity index (χ0v) is 8.45. The lowest BCUT2D eigenvalue weighted by molar-refractivity contribution is 0.565. The van der Waals surface area contributed by atoms with Crippen molar-refractivity contribution < 1.29 is 4.79 Å². The second-order valence-corrected chi connectivity index (χ2v) is 3.41. The highest BCUT2D eigenvalue weighted by Gasteiger charge is 1.95. The normalized spacial score (nSPS) is 9.93. The Hall–Kier alpha value is -1.44. The zero-order chi connectivity index (χ0) is 10.4. The number of nitrogens with one attached hydrogen (secondary N) is 1. The summed E-state index contributed by atoms with van der Waals surface area (Å²) in [6.45, 7) is 5.04. The van der Waals surface area contributed by atoms with Crippen molar-refractivity contribution in [2.45, 2.75) is 26.4 Å². The first-order valence-electron chi connectivity index (χ1n) is 4.62. The first kappa shape index (κ1) is 10.6. The van der Waals surface area contributed by atoms with E-state index in [4.69, 9.17) is 0 Å². The van der Waals surface area contributed by atoms with Gasteiger partial charge in [-0.15, -0.1) is 0 Å². The number of nitrogens with zero attached hydrogens (tertiary/aromatic N) is 1. The largest absolute Gasteiger partial charge is 0.310 e. The molecule has 1 N–H and O–H groups in total. The molecule has 0 saturated carbocycles. The first-order valence-corrected chi connectivity index (χ1v) is 4.62. The second kappa shape index (κ2) is 5.32. The van der Waals surface area contributed by atoms with Crippen molar-refractivity contribution in [2.24, 2.45) is 4.99 Å². The minimum atomic E-state index is 0.475. The van der Waals surface area contributed by atoms with E-state index in [1.807, 2.05) is 24.3 Å². The molecule has 1 rings (SSSR count). The van der Waals surface area contributed by atoms with Crippen LogP contribution >= 0.6 is 0 Å². The number of benzene rings is 1. The molecule has 14 heavy (non-hydrogen) atoms. The number of carbonyl (C=O) groups excluding carboxylic acids is 1. The highest BCUT2D eigenvalue weighted by molar-refractivity contribution is 5.49. The Bertz CT molecular complexity index is 324. The Morgan fingerprint density at radius 2 is 2.00 bits per heavy atom. The van der Waals surface area contributed by atoms with E-state index >= 15 is 0 Å². The minimum Gasteiger partial charge on any atom is -0.310 e. The van der Waals surface area contributed by atoms with Crippen LogP contribution in [-0.4, -0.2) is 12.1 Å². The third-order valence-corrected chi connectivity index (χ3v) is 1.83. The van der Waals surface area contributed by atoms with Gasteiger partial charge in [0.25, 0.3) is 0 Å². The van der Waals surface area contributed by atoms with Crippen molar-refractivity contribution in [3.05, 3.63) is 29.8 Å². The molecule has 1 aromatic carbocycles. The maximum Gasteiger partial charge on any atom is 0.240 e. The molecule has 0 aromatic heterocycles. The fraction of sp³-hybridized carbons (Fsp3) is 0.364. The Morgan fingerprint density at radius 3 is 2.50 bits per heavy atom. The van der Waals surface area contributed by atoms with Crippen molar-refractivity contribution >= 4 is 11.8 Å². The van der Waals surface area contributed by atoms with Crippen LogP contribution in [0.5, 0.6) is 0 Å². The summed E-state index contributed by atoms with van der Waals surface area (Å²) in [7, 11) is 0. The summed E-state index contributed by atoms with van der Waals surface area (Å²) in [4.78, 5) is 13.5. The molecule has 0 aliphatic rings. The topological polar surface area (TPSA) is 41.5 Å². The molecule has 0 radical (unpaired) electrons.